The van der Waals surface area contributed by atoms with Crippen LogP contribution in [0.3, 0.4) is 0 Å². The summed E-state index contributed by atoms with van der Waals surface area (Å²) < 4.78 is 0. The SMILES string of the molecule is CN1CCN(CCCc2[nH]ncc2-c2csc(CNC(=O)C3(CC(=O)O)Cc4ccccc4C3)n2)CC1=O. The lowest BCUT2D eigenvalue weighted by atomic mass is 9.80. The van der Waals surface area contributed by atoms with Crippen molar-refractivity contribution < 1.29 is 19.5 Å². The number of amides is 2. The molecule has 2 aliphatic rings. The van der Waals surface area contributed by atoms with Crippen LogP contribution in [-0.4, -0.2) is 81.1 Å². The number of aliphatic carboxylic acids is 1. The molecule has 0 bridgehead atoms. The maximum absolute atomic E-state index is 13.3. The molecule has 10 nitrogen and oxygen atoms in total. The number of thiazole rings is 1. The molecule has 3 N–H and O–H groups in total. The molecular formula is C27H32N6O4S. The molecule has 11 heteroatoms. The molecule has 1 aliphatic carbocycles. The zero-order valence-corrected chi connectivity index (χ0v) is 22.2. The molecule has 0 unspecified atom stereocenters. The Morgan fingerprint density at radius 1 is 1.21 bits per heavy atom. The Labute approximate surface area is 225 Å². The van der Waals surface area contributed by atoms with Crippen molar-refractivity contribution in [2.45, 2.75) is 38.6 Å². The third kappa shape index (κ3) is 5.63. The van der Waals surface area contributed by atoms with Gasteiger partial charge in [-0.15, -0.1) is 11.3 Å². The maximum atomic E-state index is 13.3. The molecule has 1 aliphatic heterocycles. The Balaban J connectivity index is 1.18. The molecular weight excluding hydrogens is 504 g/mol. The van der Waals surface area contributed by atoms with Crippen molar-refractivity contribution in [2.24, 2.45) is 5.41 Å². The van der Waals surface area contributed by atoms with E-state index in [1.54, 1.807) is 11.1 Å². The van der Waals surface area contributed by atoms with Crippen LogP contribution in [0.5, 0.6) is 0 Å². The Bertz CT molecular complexity index is 1310. The van der Waals surface area contributed by atoms with Gasteiger partial charge in [0.2, 0.25) is 11.8 Å². The van der Waals surface area contributed by atoms with Crippen molar-refractivity contribution in [3.05, 3.63) is 57.7 Å². The normalized spacial score (nSPS) is 17.0. The lowest BCUT2D eigenvalue weighted by Gasteiger charge is -2.31. The highest BCUT2D eigenvalue weighted by Gasteiger charge is 2.45. The quantitative estimate of drug-likeness (QED) is 0.362. The van der Waals surface area contributed by atoms with Crippen molar-refractivity contribution >= 4 is 29.1 Å². The van der Waals surface area contributed by atoms with E-state index in [4.69, 9.17) is 4.98 Å². The summed E-state index contributed by atoms with van der Waals surface area (Å²) in [6.07, 6.45) is 4.09. The van der Waals surface area contributed by atoms with Crippen LogP contribution < -0.4 is 5.32 Å². The van der Waals surface area contributed by atoms with E-state index in [9.17, 15) is 19.5 Å². The number of H-pyrrole nitrogens is 1. The molecule has 0 spiro atoms. The summed E-state index contributed by atoms with van der Waals surface area (Å²) >= 11 is 1.45. The van der Waals surface area contributed by atoms with Crippen molar-refractivity contribution in [2.75, 3.05) is 33.2 Å². The monoisotopic (exact) mass is 536 g/mol. The van der Waals surface area contributed by atoms with Gasteiger partial charge in [0.1, 0.15) is 5.01 Å². The van der Waals surface area contributed by atoms with E-state index >= 15 is 0 Å². The standard InChI is InChI=1S/C27H32N6O4S/c1-32-9-10-33(16-24(32)34)8-4-7-21-20(14-29-31-21)22-17-38-23(30-22)15-28-26(37)27(13-25(35)36)11-18-5-2-3-6-19(18)12-27/h2-3,5-6,14,17H,4,7-13,15-16H2,1H3,(H,28,37)(H,29,31)(H,35,36). The summed E-state index contributed by atoms with van der Waals surface area (Å²) in [5, 5.41) is 22.5. The minimum Gasteiger partial charge on any atom is -0.481 e. The molecule has 38 heavy (non-hydrogen) atoms. The fourth-order valence-corrected chi connectivity index (χ4v) is 6.14. The lowest BCUT2D eigenvalue weighted by Crippen LogP contribution is -2.48. The first-order valence-electron chi connectivity index (χ1n) is 12.8. The highest BCUT2D eigenvalue weighted by atomic mass is 32.1. The number of hydrogen-bond acceptors (Lipinski definition) is 7. The molecule has 2 amide bonds. The number of likely N-dealkylation sites (N-methyl/N-ethyl adjacent to an activating group) is 1. The second-order valence-electron chi connectivity index (χ2n) is 10.2. The Hall–Kier alpha value is -3.57. The summed E-state index contributed by atoms with van der Waals surface area (Å²) in [5.74, 6) is -1.07. The molecule has 5 rings (SSSR count). The third-order valence-electron chi connectivity index (χ3n) is 7.53. The number of nitrogens with zero attached hydrogens (tertiary/aromatic N) is 4. The number of carboxylic acids is 1. The molecule has 0 atom stereocenters. The predicted octanol–water partition coefficient (Wildman–Crippen LogP) is 2.12. The second kappa shape index (κ2) is 11.0. The van der Waals surface area contributed by atoms with Gasteiger partial charge in [-0.1, -0.05) is 24.3 Å². The van der Waals surface area contributed by atoms with E-state index in [2.05, 4.69) is 20.4 Å². The van der Waals surface area contributed by atoms with Crippen LogP contribution in [0.4, 0.5) is 0 Å². The number of hydrogen-bond donors (Lipinski definition) is 3. The third-order valence-corrected chi connectivity index (χ3v) is 8.38. The van der Waals surface area contributed by atoms with Crippen LogP contribution in [0, 0.1) is 5.41 Å². The molecule has 3 aromatic rings. The van der Waals surface area contributed by atoms with Crippen LogP contribution in [-0.2, 0) is 40.2 Å². The number of rotatable bonds is 10. The number of piperazine rings is 1. The lowest BCUT2D eigenvalue weighted by molar-refractivity contribution is -0.145. The van der Waals surface area contributed by atoms with Gasteiger partial charge in [-0.05, 0) is 43.4 Å². The van der Waals surface area contributed by atoms with E-state index in [0.717, 1.165) is 65.6 Å². The van der Waals surface area contributed by atoms with Gasteiger partial charge in [0.25, 0.3) is 0 Å². The summed E-state index contributed by atoms with van der Waals surface area (Å²) in [7, 11) is 1.84. The van der Waals surface area contributed by atoms with Crippen LogP contribution in [0.1, 0.15) is 34.7 Å². The van der Waals surface area contributed by atoms with E-state index < -0.39 is 11.4 Å². The van der Waals surface area contributed by atoms with Gasteiger partial charge >= 0.3 is 5.97 Å². The number of benzene rings is 1. The Morgan fingerprint density at radius 3 is 2.68 bits per heavy atom. The van der Waals surface area contributed by atoms with Gasteiger partial charge < -0.3 is 15.3 Å². The highest BCUT2D eigenvalue weighted by molar-refractivity contribution is 7.09. The number of nitrogens with one attached hydrogen (secondary N) is 2. The molecule has 200 valence electrons. The maximum Gasteiger partial charge on any atom is 0.304 e. The number of carbonyl (C=O) groups is 3. The number of carboxylic acid groups (broad SMARTS) is 1. The van der Waals surface area contributed by atoms with Gasteiger partial charge in [0, 0.05) is 36.8 Å². The number of aromatic nitrogens is 3. The fraction of sp³-hybridized carbons (Fsp3) is 0.444. The zero-order chi connectivity index (χ0) is 26.7. The van der Waals surface area contributed by atoms with Gasteiger partial charge in [-0.2, -0.15) is 5.10 Å². The average molecular weight is 537 g/mol. The van der Waals surface area contributed by atoms with Gasteiger partial charge in [0.15, 0.2) is 0 Å². The average Bonchev–Trinajstić information content (AvgIpc) is 3.62. The number of aromatic amines is 1. The summed E-state index contributed by atoms with van der Waals surface area (Å²) in [4.78, 5) is 45.5. The second-order valence-corrected chi connectivity index (χ2v) is 11.2. The molecule has 0 radical (unpaired) electrons. The Morgan fingerprint density at radius 2 is 1.97 bits per heavy atom. The minimum atomic E-state index is -0.984. The van der Waals surface area contributed by atoms with Gasteiger partial charge in [0.05, 0.1) is 36.8 Å². The summed E-state index contributed by atoms with van der Waals surface area (Å²) in [5.41, 5.74) is 3.81. The molecule has 1 fully saturated rings. The number of fused-ring (bicyclic) bond motifs is 1. The molecule has 3 heterocycles. The van der Waals surface area contributed by atoms with E-state index in [-0.39, 0.29) is 24.8 Å². The van der Waals surface area contributed by atoms with Crippen molar-refractivity contribution in [3.63, 3.8) is 0 Å². The molecule has 1 aromatic carbocycles. The van der Waals surface area contributed by atoms with Gasteiger partial charge in [-0.25, -0.2) is 4.98 Å². The van der Waals surface area contributed by atoms with Crippen molar-refractivity contribution in [1.29, 1.82) is 0 Å². The smallest absolute Gasteiger partial charge is 0.304 e. The first-order valence-corrected chi connectivity index (χ1v) is 13.7. The topological polar surface area (TPSA) is 132 Å². The van der Waals surface area contributed by atoms with Crippen LogP contribution >= 0.6 is 11.3 Å². The molecule has 1 saturated heterocycles. The van der Waals surface area contributed by atoms with E-state index in [1.165, 1.54) is 11.3 Å². The molecule has 2 aromatic heterocycles. The first-order chi connectivity index (χ1) is 18.3. The minimum absolute atomic E-state index is 0.159. The fourth-order valence-electron chi connectivity index (χ4n) is 5.41. The number of aryl methyl sites for hydroxylation is 1. The molecule has 0 saturated carbocycles. The van der Waals surface area contributed by atoms with Crippen LogP contribution in [0.15, 0.2) is 35.8 Å². The largest absolute Gasteiger partial charge is 0.481 e. The van der Waals surface area contributed by atoms with E-state index in [1.807, 2.05) is 36.7 Å². The summed E-state index contributed by atoms with van der Waals surface area (Å²) in [6, 6.07) is 7.77. The zero-order valence-electron chi connectivity index (χ0n) is 21.4. The first kappa shape index (κ1) is 26.1. The van der Waals surface area contributed by atoms with Gasteiger partial charge in [-0.3, -0.25) is 24.4 Å². The highest BCUT2D eigenvalue weighted by Crippen LogP contribution is 2.40. The number of carbonyl (C=O) groups excluding carboxylic acids is 2. The van der Waals surface area contributed by atoms with Crippen LogP contribution in [0.2, 0.25) is 0 Å². The van der Waals surface area contributed by atoms with Crippen LogP contribution in [0.25, 0.3) is 11.3 Å². The summed E-state index contributed by atoms with van der Waals surface area (Å²) in [6.45, 7) is 3.20. The van der Waals surface area contributed by atoms with Crippen molar-refractivity contribution in [3.8, 4) is 11.3 Å². The Kier molecular flexibility index (Phi) is 7.57. The predicted molar refractivity (Wildman–Crippen MR) is 142 cm³/mol. The van der Waals surface area contributed by atoms with Crippen molar-refractivity contribution in [1.82, 2.24) is 30.3 Å². The van der Waals surface area contributed by atoms with E-state index in [0.29, 0.717) is 19.4 Å².